The van der Waals surface area contributed by atoms with Crippen LogP contribution in [0.2, 0.25) is 0 Å². The first-order chi connectivity index (χ1) is 17.8. The summed E-state index contributed by atoms with van der Waals surface area (Å²) >= 11 is 0. The molecule has 0 spiro atoms. The van der Waals surface area contributed by atoms with E-state index in [1.54, 1.807) is 43.3 Å². The summed E-state index contributed by atoms with van der Waals surface area (Å²) < 4.78 is 44.4. The summed E-state index contributed by atoms with van der Waals surface area (Å²) in [6.45, 7) is 1.79. The number of para-hydroxylation sites is 3. The van der Waals surface area contributed by atoms with Crippen LogP contribution in [0.1, 0.15) is 11.1 Å². The van der Waals surface area contributed by atoms with Crippen molar-refractivity contribution in [3.05, 3.63) is 77.9 Å². The van der Waals surface area contributed by atoms with Gasteiger partial charge in [-0.2, -0.15) is 0 Å². The van der Waals surface area contributed by atoms with Crippen LogP contribution in [-0.4, -0.2) is 53.2 Å². The number of anilines is 2. The second kappa shape index (κ2) is 9.78. The van der Waals surface area contributed by atoms with Gasteiger partial charge in [0.2, 0.25) is 6.10 Å². The number of carbonyl (C=O) groups excluding carboxylic acids is 2. The maximum Gasteiger partial charge on any atom is 0.348 e. The van der Waals surface area contributed by atoms with Crippen molar-refractivity contribution >= 4 is 33.3 Å². The third-order valence-corrected chi connectivity index (χ3v) is 8.28. The van der Waals surface area contributed by atoms with Crippen LogP contribution in [0.3, 0.4) is 0 Å². The van der Waals surface area contributed by atoms with Gasteiger partial charge in [0.05, 0.1) is 29.9 Å². The zero-order valence-corrected chi connectivity index (χ0v) is 21.2. The van der Waals surface area contributed by atoms with Crippen LogP contribution in [0.4, 0.5) is 11.4 Å². The maximum atomic E-state index is 13.3. The molecule has 0 N–H and O–H groups in total. The fourth-order valence-corrected chi connectivity index (χ4v) is 6.16. The monoisotopic (exact) mass is 522 g/mol. The number of sulfonamides is 1. The lowest BCUT2D eigenvalue weighted by Crippen LogP contribution is -2.48. The number of esters is 1. The molecular weight excluding hydrogens is 496 g/mol. The van der Waals surface area contributed by atoms with Crippen LogP contribution in [0.5, 0.6) is 11.5 Å². The van der Waals surface area contributed by atoms with Gasteiger partial charge >= 0.3 is 5.97 Å². The molecule has 37 heavy (non-hydrogen) atoms. The number of ether oxygens (including phenoxy) is 3. The standard InChI is InChI=1S/C27H26N2O7S/c1-18-15-20(37(32,33)29-14-13-19-7-3-4-8-21(19)29)11-12-23(18)35-17-26(30)28-16-25(27(31)34-2)36-24-10-6-5-9-22(24)28/h3-12,15,25H,13-14,16-17H2,1-2H3. The molecular formula is C27H26N2O7S. The Bertz CT molecular complexity index is 1470. The molecule has 0 radical (unpaired) electrons. The molecule has 0 aromatic heterocycles. The number of aryl methyl sites for hydroxylation is 1. The molecule has 3 aromatic rings. The van der Waals surface area contributed by atoms with Crippen molar-refractivity contribution in [2.75, 3.05) is 36.0 Å². The predicted octanol–water partition coefficient (Wildman–Crippen LogP) is 3.09. The first-order valence-corrected chi connectivity index (χ1v) is 13.2. The van der Waals surface area contributed by atoms with E-state index in [1.165, 1.54) is 22.4 Å². The third-order valence-electron chi connectivity index (χ3n) is 6.47. The van der Waals surface area contributed by atoms with Gasteiger partial charge in [-0.25, -0.2) is 13.2 Å². The minimum atomic E-state index is -3.75. The number of hydrogen-bond donors (Lipinski definition) is 0. The van der Waals surface area contributed by atoms with Gasteiger partial charge in [0, 0.05) is 6.54 Å². The van der Waals surface area contributed by atoms with Crippen molar-refractivity contribution in [3.63, 3.8) is 0 Å². The number of nitrogens with zero attached hydrogens (tertiary/aromatic N) is 2. The van der Waals surface area contributed by atoms with E-state index in [0.29, 0.717) is 41.4 Å². The van der Waals surface area contributed by atoms with Gasteiger partial charge in [0.1, 0.15) is 11.5 Å². The quantitative estimate of drug-likeness (QED) is 0.459. The van der Waals surface area contributed by atoms with E-state index >= 15 is 0 Å². The zero-order valence-electron chi connectivity index (χ0n) is 20.4. The van der Waals surface area contributed by atoms with Gasteiger partial charge in [-0.3, -0.25) is 9.10 Å². The largest absolute Gasteiger partial charge is 0.483 e. The molecule has 10 heteroatoms. The minimum Gasteiger partial charge on any atom is -0.483 e. The Balaban J connectivity index is 1.31. The molecule has 3 aromatic carbocycles. The van der Waals surface area contributed by atoms with Crippen molar-refractivity contribution in [2.24, 2.45) is 0 Å². The Hall–Kier alpha value is -4.05. The minimum absolute atomic E-state index is 0.0145. The number of rotatable bonds is 6. The summed E-state index contributed by atoms with van der Waals surface area (Å²) in [5.41, 5.74) is 2.80. The third kappa shape index (κ3) is 4.60. The van der Waals surface area contributed by atoms with Gasteiger partial charge in [-0.15, -0.1) is 0 Å². The van der Waals surface area contributed by atoms with Crippen molar-refractivity contribution in [2.45, 2.75) is 24.3 Å². The summed E-state index contributed by atoms with van der Waals surface area (Å²) in [5.74, 6) is -0.178. The van der Waals surface area contributed by atoms with Crippen LogP contribution in [0.25, 0.3) is 0 Å². The molecule has 0 fully saturated rings. The molecule has 2 aliphatic heterocycles. The number of hydrogen-bond acceptors (Lipinski definition) is 7. The van der Waals surface area contributed by atoms with E-state index in [0.717, 1.165) is 5.56 Å². The van der Waals surface area contributed by atoms with Gasteiger partial charge in [-0.1, -0.05) is 30.3 Å². The molecule has 0 saturated carbocycles. The maximum absolute atomic E-state index is 13.3. The first-order valence-electron chi connectivity index (χ1n) is 11.8. The highest BCUT2D eigenvalue weighted by molar-refractivity contribution is 7.92. The number of methoxy groups -OCH3 is 1. The van der Waals surface area contributed by atoms with Crippen LogP contribution in [0, 0.1) is 6.92 Å². The number of amides is 1. The smallest absolute Gasteiger partial charge is 0.348 e. The lowest BCUT2D eigenvalue weighted by atomic mass is 10.2. The highest BCUT2D eigenvalue weighted by atomic mass is 32.2. The van der Waals surface area contributed by atoms with Crippen molar-refractivity contribution in [3.8, 4) is 11.5 Å². The lowest BCUT2D eigenvalue weighted by Gasteiger charge is -2.33. The second-order valence-electron chi connectivity index (χ2n) is 8.77. The van der Waals surface area contributed by atoms with Crippen LogP contribution < -0.4 is 18.7 Å². The van der Waals surface area contributed by atoms with Crippen molar-refractivity contribution in [1.82, 2.24) is 0 Å². The van der Waals surface area contributed by atoms with Crippen LogP contribution in [-0.2, 0) is 30.8 Å². The SMILES string of the molecule is COC(=O)C1CN(C(=O)COc2ccc(S(=O)(=O)N3CCc4ccccc43)cc2C)c2ccccc2O1. The van der Waals surface area contributed by atoms with Gasteiger partial charge < -0.3 is 19.1 Å². The van der Waals surface area contributed by atoms with E-state index in [1.807, 2.05) is 24.3 Å². The summed E-state index contributed by atoms with van der Waals surface area (Å²) in [4.78, 5) is 26.8. The normalized spacial score (nSPS) is 16.4. The average molecular weight is 523 g/mol. The Morgan fingerprint density at radius 1 is 1.03 bits per heavy atom. The zero-order chi connectivity index (χ0) is 26.2. The Morgan fingerprint density at radius 2 is 1.76 bits per heavy atom. The topological polar surface area (TPSA) is 102 Å². The molecule has 192 valence electrons. The molecule has 1 amide bonds. The number of carbonyl (C=O) groups is 2. The number of fused-ring (bicyclic) bond motifs is 2. The molecule has 1 atom stereocenters. The van der Waals surface area contributed by atoms with E-state index in [9.17, 15) is 18.0 Å². The summed E-state index contributed by atoms with van der Waals surface area (Å²) in [5, 5.41) is 0. The van der Waals surface area contributed by atoms with Crippen molar-refractivity contribution in [1.29, 1.82) is 0 Å². The lowest BCUT2D eigenvalue weighted by molar-refractivity contribution is -0.148. The molecule has 0 aliphatic carbocycles. The molecule has 1 unspecified atom stereocenters. The molecule has 9 nitrogen and oxygen atoms in total. The number of benzene rings is 3. The Morgan fingerprint density at radius 3 is 2.51 bits per heavy atom. The molecule has 2 aliphatic rings. The average Bonchev–Trinajstić information content (AvgIpc) is 3.36. The van der Waals surface area contributed by atoms with E-state index in [4.69, 9.17) is 14.2 Å². The second-order valence-corrected chi connectivity index (χ2v) is 10.6. The predicted molar refractivity (Wildman–Crippen MR) is 137 cm³/mol. The first kappa shape index (κ1) is 24.6. The summed E-state index contributed by atoms with van der Waals surface area (Å²) in [6, 6.07) is 19.0. The Labute approximate surface area is 215 Å². The van der Waals surface area contributed by atoms with Gasteiger partial charge in [0.25, 0.3) is 15.9 Å². The van der Waals surface area contributed by atoms with E-state index in [2.05, 4.69) is 0 Å². The van der Waals surface area contributed by atoms with Gasteiger partial charge in [-0.05, 0) is 60.9 Å². The molecule has 0 bridgehead atoms. The Kier molecular flexibility index (Phi) is 6.51. The highest BCUT2D eigenvalue weighted by Gasteiger charge is 2.35. The van der Waals surface area contributed by atoms with Crippen LogP contribution in [0.15, 0.2) is 71.6 Å². The summed E-state index contributed by atoms with van der Waals surface area (Å²) in [7, 11) is -2.48. The van der Waals surface area contributed by atoms with Crippen molar-refractivity contribution < 1.29 is 32.2 Å². The fraction of sp³-hybridized carbons (Fsp3) is 0.259. The van der Waals surface area contributed by atoms with E-state index in [-0.39, 0.29) is 24.0 Å². The highest BCUT2D eigenvalue weighted by Crippen LogP contribution is 2.35. The molecule has 0 saturated heterocycles. The fourth-order valence-electron chi connectivity index (χ4n) is 4.57. The molecule has 5 rings (SSSR count). The van der Waals surface area contributed by atoms with Gasteiger partial charge in [0.15, 0.2) is 6.61 Å². The molecule has 2 heterocycles. The van der Waals surface area contributed by atoms with Crippen LogP contribution >= 0.6 is 0 Å². The summed E-state index contributed by atoms with van der Waals surface area (Å²) in [6.07, 6.45) is -0.287. The van der Waals surface area contributed by atoms with E-state index < -0.39 is 22.1 Å².